The molecule has 2 fully saturated rings. The number of rotatable bonds is 1. The molecule has 0 amide bonds. The van der Waals surface area contributed by atoms with Crippen molar-refractivity contribution >= 4 is 21.6 Å². The van der Waals surface area contributed by atoms with Gasteiger partial charge in [0.1, 0.15) is 0 Å². The zero-order valence-electron chi connectivity index (χ0n) is 9.72. The molecule has 0 aromatic heterocycles. The minimum Gasteiger partial charge on any atom is -0.390 e. The number of hydrogen-bond donors (Lipinski definition) is 1. The molecular formula is C10H19NO3S2. The highest BCUT2D eigenvalue weighted by molar-refractivity contribution is 8.00. The van der Waals surface area contributed by atoms with Gasteiger partial charge in [-0.1, -0.05) is 0 Å². The van der Waals surface area contributed by atoms with E-state index in [2.05, 4.69) is 18.7 Å². The van der Waals surface area contributed by atoms with E-state index in [0.29, 0.717) is 0 Å². The van der Waals surface area contributed by atoms with Crippen LogP contribution in [-0.2, 0) is 9.84 Å². The Balaban J connectivity index is 2.08. The van der Waals surface area contributed by atoms with Gasteiger partial charge in [0.15, 0.2) is 9.84 Å². The highest BCUT2D eigenvalue weighted by atomic mass is 32.2. The first-order valence-corrected chi connectivity index (χ1v) is 8.36. The van der Waals surface area contributed by atoms with Crippen LogP contribution in [0, 0.1) is 0 Å². The predicted molar refractivity (Wildman–Crippen MR) is 66.6 cm³/mol. The molecule has 0 radical (unpaired) electrons. The van der Waals surface area contributed by atoms with Crippen LogP contribution in [0.2, 0.25) is 0 Å². The number of nitrogens with zero attached hydrogens (tertiary/aromatic N) is 1. The Morgan fingerprint density at radius 1 is 1.38 bits per heavy atom. The maximum atomic E-state index is 11.5. The molecule has 2 heterocycles. The average molecular weight is 265 g/mol. The van der Waals surface area contributed by atoms with E-state index in [0.717, 1.165) is 18.8 Å². The Hall–Kier alpha value is 0.220. The van der Waals surface area contributed by atoms with E-state index in [1.165, 1.54) is 0 Å². The molecule has 16 heavy (non-hydrogen) atoms. The van der Waals surface area contributed by atoms with Crippen molar-refractivity contribution in [1.29, 1.82) is 0 Å². The lowest BCUT2D eigenvalue weighted by molar-refractivity contribution is 0.0801. The van der Waals surface area contributed by atoms with Gasteiger partial charge in [-0.2, -0.15) is 11.8 Å². The molecule has 0 aromatic rings. The van der Waals surface area contributed by atoms with Crippen LogP contribution >= 0.6 is 11.8 Å². The number of aliphatic hydroxyl groups is 1. The van der Waals surface area contributed by atoms with Crippen molar-refractivity contribution in [2.24, 2.45) is 0 Å². The Kier molecular flexibility index (Phi) is 3.29. The maximum absolute atomic E-state index is 11.5. The van der Waals surface area contributed by atoms with Gasteiger partial charge in [0, 0.05) is 23.6 Å². The molecule has 0 spiro atoms. The summed E-state index contributed by atoms with van der Waals surface area (Å²) < 4.78 is 23.1. The summed E-state index contributed by atoms with van der Waals surface area (Å²) in [6, 6.07) is -0.190. The summed E-state index contributed by atoms with van der Waals surface area (Å²) in [7, 11) is -3.03. The van der Waals surface area contributed by atoms with Gasteiger partial charge in [0.2, 0.25) is 0 Å². The lowest BCUT2D eigenvalue weighted by Crippen LogP contribution is -2.52. The average Bonchev–Trinajstić information content (AvgIpc) is 2.38. The van der Waals surface area contributed by atoms with Crippen LogP contribution in [0.4, 0.5) is 0 Å². The van der Waals surface area contributed by atoms with E-state index in [4.69, 9.17) is 0 Å². The van der Waals surface area contributed by atoms with Crippen LogP contribution < -0.4 is 0 Å². The molecule has 0 aliphatic carbocycles. The quantitative estimate of drug-likeness (QED) is 0.721. The van der Waals surface area contributed by atoms with Gasteiger partial charge >= 0.3 is 0 Å². The number of hydrogen-bond acceptors (Lipinski definition) is 5. The van der Waals surface area contributed by atoms with Gasteiger partial charge in [-0.3, -0.25) is 4.90 Å². The molecular weight excluding hydrogens is 246 g/mol. The van der Waals surface area contributed by atoms with E-state index >= 15 is 0 Å². The number of thioether (sulfide) groups is 1. The molecule has 2 rings (SSSR count). The fourth-order valence-corrected chi connectivity index (χ4v) is 5.46. The molecule has 2 aliphatic rings. The van der Waals surface area contributed by atoms with Crippen molar-refractivity contribution in [1.82, 2.24) is 4.90 Å². The van der Waals surface area contributed by atoms with Gasteiger partial charge in [-0.15, -0.1) is 0 Å². The number of aliphatic hydroxyl groups excluding tert-OH is 1. The third kappa shape index (κ3) is 2.72. The first-order valence-electron chi connectivity index (χ1n) is 5.56. The monoisotopic (exact) mass is 265 g/mol. The van der Waals surface area contributed by atoms with E-state index in [9.17, 15) is 13.5 Å². The first-order chi connectivity index (χ1) is 7.29. The van der Waals surface area contributed by atoms with Crippen LogP contribution in [0.1, 0.15) is 13.8 Å². The van der Waals surface area contributed by atoms with Gasteiger partial charge in [0.25, 0.3) is 0 Å². The second-order valence-electron chi connectivity index (χ2n) is 5.29. The molecule has 6 heteroatoms. The van der Waals surface area contributed by atoms with Crippen LogP contribution in [0.5, 0.6) is 0 Å². The second-order valence-corrected chi connectivity index (χ2v) is 9.25. The Bertz CT molecular complexity index is 366. The second kappa shape index (κ2) is 4.15. The van der Waals surface area contributed by atoms with E-state index in [1.54, 1.807) is 0 Å². The molecule has 2 saturated heterocycles. The van der Waals surface area contributed by atoms with Crippen molar-refractivity contribution in [2.45, 2.75) is 30.7 Å². The Morgan fingerprint density at radius 3 is 2.56 bits per heavy atom. The number of sulfone groups is 1. The van der Waals surface area contributed by atoms with Gasteiger partial charge in [-0.25, -0.2) is 8.42 Å². The van der Waals surface area contributed by atoms with E-state index < -0.39 is 15.9 Å². The summed E-state index contributed by atoms with van der Waals surface area (Å²) in [5.74, 6) is 1.06. The maximum Gasteiger partial charge on any atom is 0.154 e. The lowest BCUT2D eigenvalue weighted by atomic mass is 10.1. The molecule has 94 valence electrons. The van der Waals surface area contributed by atoms with Crippen molar-refractivity contribution in [2.75, 3.05) is 30.3 Å². The molecule has 0 saturated carbocycles. The highest BCUT2D eigenvalue weighted by Gasteiger charge is 2.42. The molecule has 1 N–H and O–H groups in total. The first kappa shape index (κ1) is 12.7. The van der Waals surface area contributed by atoms with Gasteiger partial charge in [0.05, 0.1) is 23.7 Å². The normalized spacial score (nSPS) is 38.7. The third-order valence-corrected chi connectivity index (χ3v) is 6.21. The van der Waals surface area contributed by atoms with Gasteiger partial charge in [-0.05, 0) is 13.8 Å². The summed E-state index contributed by atoms with van der Waals surface area (Å²) in [5.41, 5.74) is 0. The highest BCUT2D eigenvalue weighted by Crippen LogP contribution is 2.32. The summed E-state index contributed by atoms with van der Waals surface area (Å²) in [4.78, 5) is 2.14. The third-order valence-electron chi connectivity index (χ3n) is 3.22. The summed E-state index contributed by atoms with van der Waals surface area (Å²) >= 11 is 1.91. The largest absolute Gasteiger partial charge is 0.390 e. The van der Waals surface area contributed by atoms with Crippen molar-refractivity contribution in [3.8, 4) is 0 Å². The van der Waals surface area contributed by atoms with Crippen molar-refractivity contribution < 1.29 is 13.5 Å². The van der Waals surface area contributed by atoms with E-state index in [-0.39, 0.29) is 22.3 Å². The Morgan fingerprint density at radius 2 is 2.06 bits per heavy atom. The standard InChI is InChI=1S/C10H19NO3S2/c1-10(2)7-11(3-4-15-10)8-5-16(13,14)6-9(8)12/h8-9,12H,3-7H2,1-2H3. The van der Waals surface area contributed by atoms with Crippen LogP contribution in [0.15, 0.2) is 0 Å². The van der Waals surface area contributed by atoms with Crippen LogP contribution in [-0.4, -0.2) is 65.7 Å². The summed E-state index contributed by atoms with van der Waals surface area (Å²) in [5, 5.41) is 9.82. The summed E-state index contributed by atoms with van der Waals surface area (Å²) in [6.07, 6.45) is -0.705. The molecule has 4 nitrogen and oxygen atoms in total. The fraction of sp³-hybridized carbons (Fsp3) is 1.00. The van der Waals surface area contributed by atoms with Gasteiger partial charge < -0.3 is 5.11 Å². The smallest absolute Gasteiger partial charge is 0.154 e. The fourth-order valence-electron chi connectivity index (χ4n) is 2.50. The molecule has 2 aliphatic heterocycles. The van der Waals surface area contributed by atoms with E-state index in [1.807, 2.05) is 11.8 Å². The SMILES string of the molecule is CC1(C)CN(C2CS(=O)(=O)CC2O)CCS1. The molecule has 2 atom stereocenters. The lowest BCUT2D eigenvalue weighted by Gasteiger charge is -2.41. The van der Waals surface area contributed by atoms with Crippen LogP contribution in [0.3, 0.4) is 0 Å². The van der Waals surface area contributed by atoms with Crippen molar-refractivity contribution in [3.63, 3.8) is 0 Å². The zero-order chi connectivity index (χ0) is 12.0. The predicted octanol–water partition coefficient (Wildman–Crippen LogP) is -0.0283. The van der Waals surface area contributed by atoms with Crippen LogP contribution in [0.25, 0.3) is 0 Å². The summed E-state index contributed by atoms with van der Waals surface area (Å²) in [6.45, 7) is 6.07. The minimum absolute atomic E-state index is 0.0677. The minimum atomic E-state index is -3.03. The zero-order valence-corrected chi connectivity index (χ0v) is 11.4. The topological polar surface area (TPSA) is 57.6 Å². The molecule has 0 aromatic carbocycles. The molecule has 2 unspecified atom stereocenters. The van der Waals surface area contributed by atoms with Crippen molar-refractivity contribution in [3.05, 3.63) is 0 Å². The molecule has 0 bridgehead atoms. The Labute approximate surface area is 101 Å².